The van der Waals surface area contributed by atoms with Crippen LogP contribution in [-0.2, 0) is 0 Å². The van der Waals surface area contributed by atoms with Crippen LogP contribution in [0.4, 0.5) is 0 Å². The number of methoxy groups -OCH3 is 1. The van der Waals surface area contributed by atoms with Crippen molar-refractivity contribution in [1.82, 2.24) is 4.90 Å². The number of likely N-dealkylation sites (tertiary alicyclic amines) is 1. The fraction of sp³-hybridized carbons (Fsp3) is 0.419. The molecule has 1 saturated heterocycles. The van der Waals surface area contributed by atoms with Gasteiger partial charge in [0.1, 0.15) is 35.6 Å². The molecule has 0 bridgehead atoms. The van der Waals surface area contributed by atoms with E-state index in [0.717, 1.165) is 35.9 Å². The van der Waals surface area contributed by atoms with E-state index in [-0.39, 0.29) is 11.8 Å². The van der Waals surface area contributed by atoms with E-state index in [4.69, 9.17) is 14.2 Å². The second-order valence-electron chi connectivity index (χ2n) is 10.5. The molecule has 1 fully saturated rings. The standard InChI is InChI=1S/C31H37NO4/c1-31(2)30(23-9-5-4-6-10-23)29(27-16-15-26(34-3)19-28(27)36-31)22-11-13-25(14-12-22)35-21-24(33)20-32-17-7-8-18-32/h4-6,9-16,19,24,29-30,33H,7-8,17-18,20-21H2,1-3H3. The zero-order chi connectivity index (χ0) is 25.1. The van der Waals surface area contributed by atoms with E-state index in [1.165, 1.54) is 24.0 Å². The molecule has 3 aromatic carbocycles. The smallest absolute Gasteiger partial charge is 0.127 e. The predicted octanol–water partition coefficient (Wildman–Crippen LogP) is 5.62. The van der Waals surface area contributed by atoms with Crippen molar-refractivity contribution in [3.63, 3.8) is 0 Å². The molecule has 0 spiro atoms. The van der Waals surface area contributed by atoms with Gasteiger partial charge in [0.05, 0.1) is 7.11 Å². The number of aliphatic hydroxyl groups is 1. The predicted molar refractivity (Wildman–Crippen MR) is 142 cm³/mol. The van der Waals surface area contributed by atoms with Crippen LogP contribution >= 0.6 is 0 Å². The summed E-state index contributed by atoms with van der Waals surface area (Å²) in [5, 5.41) is 10.4. The monoisotopic (exact) mass is 487 g/mol. The van der Waals surface area contributed by atoms with Crippen molar-refractivity contribution in [2.45, 2.75) is 50.2 Å². The lowest BCUT2D eigenvalue weighted by molar-refractivity contribution is 0.0527. The van der Waals surface area contributed by atoms with Crippen LogP contribution in [0.1, 0.15) is 55.2 Å². The second kappa shape index (κ2) is 10.5. The molecule has 3 atom stereocenters. The highest BCUT2D eigenvalue weighted by Gasteiger charge is 2.45. The van der Waals surface area contributed by atoms with Crippen LogP contribution in [0.3, 0.4) is 0 Å². The van der Waals surface area contributed by atoms with Crippen molar-refractivity contribution < 1.29 is 19.3 Å². The molecule has 0 aliphatic carbocycles. The minimum Gasteiger partial charge on any atom is -0.497 e. The van der Waals surface area contributed by atoms with E-state index in [2.05, 4.69) is 67.3 Å². The zero-order valence-corrected chi connectivity index (χ0v) is 21.5. The molecular weight excluding hydrogens is 450 g/mol. The van der Waals surface area contributed by atoms with E-state index in [1.54, 1.807) is 7.11 Å². The van der Waals surface area contributed by atoms with E-state index in [9.17, 15) is 5.11 Å². The Hall–Kier alpha value is -3.02. The Kier molecular flexibility index (Phi) is 7.22. The number of rotatable bonds is 8. The minimum atomic E-state index is -0.483. The molecular formula is C31H37NO4. The van der Waals surface area contributed by atoms with Gasteiger partial charge in [-0.2, -0.15) is 0 Å². The summed E-state index contributed by atoms with van der Waals surface area (Å²) in [5.41, 5.74) is 3.18. The van der Waals surface area contributed by atoms with Gasteiger partial charge in [0.25, 0.3) is 0 Å². The van der Waals surface area contributed by atoms with E-state index >= 15 is 0 Å². The highest BCUT2D eigenvalue weighted by molar-refractivity contribution is 5.52. The number of fused-ring (bicyclic) bond motifs is 1. The van der Waals surface area contributed by atoms with Crippen LogP contribution in [0.5, 0.6) is 17.2 Å². The van der Waals surface area contributed by atoms with E-state index in [1.807, 2.05) is 24.3 Å². The first-order valence-corrected chi connectivity index (χ1v) is 13.0. The molecule has 2 aliphatic rings. The van der Waals surface area contributed by atoms with Gasteiger partial charge in [0.15, 0.2) is 0 Å². The summed E-state index contributed by atoms with van der Waals surface area (Å²) in [7, 11) is 1.68. The highest BCUT2D eigenvalue weighted by Crippen LogP contribution is 2.53. The number of ether oxygens (including phenoxy) is 3. The molecule has 3 aromatic rings. The lowest BCUT2D eigenvalue weighted by Crippen LogP contribution is -2.43. The van der Waals surface area contributed by atoms with Gasteiger partial charge >= 0.3 is 0 Å². The van der Waals surface area contributed by atoms with Crippen molar-refractivity contribution in [2.75, 3.05) is 33.4 Å². The van der Waals surface area contributed by atoms with Crippen LogP contribution in [-0.4, -0.2) is 55.1 Å². The molecule has 5 rings (SSSR count). The maximum Gasteiger partial charge on any atom is 0.127 e. The van der Waals surface area contributed by atoms with Crippen LogP contribution in [0.15, 0.2) is 72.8 Å². The third-order valence-corrected chi connectivity index (χ3v) is 7.52. The largest absolute Gasteiger partial charge is 0.497 e. The van der Waals surface area contributed by atoms with Crippen molar-refractivity contribution in [3.05, 3.63) is 89.5 Å². The highest BCUT2D eigenvalue weighted by atomic mass is 16.5. The topological polar surface area (TPSA) is 51.2 Å². The molecule has 3 unspecified atom stereocenters. The zero-order valence-electron chi connectivity index (χ0n) is 21.5. The number of nitrogens with zero attached hydrogens (tertiary/aromatic N) is 1. The summed E-state index contributed by atoms with van der Waals surface area (Å²) in [6, 6.07) is 25.1. The maximum absolute atomic E-state index is 10.4. The van der Waals surface area contributed by atoms with Gasteiger partial charge in [-0.25, -0.2) is 0 Å². The Morgan fingerprint density at radius 3 is 2.33 bits per heavy atom. The SMILES string of the molecule is COc1ccc2c(c1)OC(C)(C)C(c1ccccc1)C2c1ccc(OCC(O)CN2CCCC2)cc1. The Bertz CT molecular complexity index is 1140. The average Bonchev–Trinajstić information content (AvgIpc) is 3.39. The number of aliphatic hydroxyl groups excluding tert-OH is 1. The second-order valence-corrected chi connectivity index (χ2v) is 10.5. The molecule has 0 radical (unpaired) electrons. The van der Waals surface area contributed by atoms with Gasteiger partial charge in [-0.3, -0.25) is 0 Å². The normalized spacial score (nSPS) is 21.9. The number of β-amino-alcohol motifs (C(OH)–C–C–N with tert-alkyl or cyclic N) is 1. The fourth-order valence-electron chi connectivity index (χ4n) is 5.82. The molecule has 2 heterocycles. The average molecular weight is 488 g/mol. The minimum absolute atomic E-state index is 0.104. The van der Waals surface area contributed by atoms with Gasteiger partial charge in [-0.05, 0) is 69.1 Å². The Labute approximate surface area is 214 Å². The van der Waals surface area contributed by atoms with Crippen LogP contribution in [0.2, 0.25) is 0 Å². The van der Waals surface area contributed by atoms with Gasteiger partial charge in [0, 0.05) is 30.0 Å². The van der Waals surface area contributed by atoms with Crippen molar-refractivity contribution in [1.29, 1.82) is 0 Å². The van der Waals surface area contributed by atoms with Crippen molar-refractivity contribution in [3.8, 4) is 17.2 Å². The Balaban J connectivity index is 1.41. The van der Waals surface area contributed by atoms with Crippen LogP contribution < -0.4 is 14.2 Å². The number of hydrogen-bond donors (Lipinski definition) is 1. The van der Waals surface area contributed by atoms with Crippen molar-refractivity contribution in [2.24, 2.45) is 0 Å². The quantitative estimate of drug-likeness (QED) is 0.447. The Morgan fingerprint density at radius 2 is 1.64 bits per heavy atom. The summed E-state index contributed by atoms with van der Waals surface area (Å²) in [5.74, 6) is 2.65. The lowest BCUT2D eigenvalue weighted by Gasteiger charge is -2.45. The number of benzene rings is 3. The summed E-state index contributed by atoms with van der Waals surface area (Å²) in [6.07, 6.45) is 1.96. The summed E-state index contributed by atoms with van der Waals surface area (Å²) in [4.78, 5) is 2.31. The molecule has 1 N–H and O–H groups in total. The first-order valence-electron chi connectivity index (χ1n) is 13.0. The van der Waals surface area contributed by atoms with Gasteiger partial charge < -0.3 is 24.2 Å². The van der Waals surface area contributed by atoms with Gasteiger partial charge in [-0.1, -0.05) is 48.5 Å². The first-order chi connectivity index (χ1) is 17.4. The number of hydrogen-bond acceptors (Lipinski definition) is 5. The summed E-state index contributed by atoms with van der Waals surface area (Å²) in [6.45, 7) is 7.45. The maximum atomic E-state index is 10.4. The summed E-state index contributed by atoms with van der Waals surface area (Å²) >= 11 is 0. The summed E-state index contributed by atoms with van der Waals surface area (Å²) < 4.78 is 18.0. The molecule has 5 nitrogen and oxygen atoms in total. The molecule has 190 valence electrons. The third kappa shape index (κ3) is 5.23. The molecule has 0 aromatic heterocycles. The van der Waals surface area contributed by atoms with Gasteiger partial charge in [0.2, 0.25) is 0 Å². The van der Waals surface area contributed by atoms with Crippen LogP contribution in [0.25, 0.3) is 0 Å². The fourth-order valence-corrected chi connectivity index (χ4v) is 5.82. The van der Waals surface area contributed by atoms with E-state index < -0.39 is 11.7 Å². The van der Waals surface area contributed by atoms with Crippen LogP contribution in [0, 0.1) is 0 Å². The van der Waals surface area contributed by atoms with E-state index in [0.29, 0.717) is 13.2 Å². The molecule has 0 amide bonds. The molecule has 2 aliphatic heterocycles. The third-order valence-electron chi connectivity index (χ3n) is 7.52. The lowest BCUT2D eigenvalue weighted by atomic mass is 9.68. The molecule has 0 saturated carbocycles. The molecule has 5 heteroatoms. The molecule has 36 heavy (non-hydrogen) atoms. The first kappa shape index (κ1) is 24.7. The van der Waals surface area contributed by atoms with Gasteiger partial charge in [-0.15, -0.1) is 0 Å². The Morgan fingerprint density at radius 1 is 0.944 bits per heavy atom. The van der Waals surface area contributed by atoms with Crippen molar-refractivity contribution >= 4 is 0 Å².